The van der Waals surface area contributed by atoms with Crippen molar-refractivity contribution >= 4 is 18.3 Å². The Morgan fingerprint density at radius 2 is 1.70 bits per heavy atom. The Morgan fingerprint density at radius 3 is 2.25 bits per heavy atom. The van der Waals surface area contributed by atoms with Crippen LogP contribution in [-0.2, 0) is 0 Å². The molecule has 0 saturated carbocycles. The van der Waals surface area contributed by atoms with Gasteiger partial charge in [-0.3, -0.25) is 4.79 Å². The zero-order valence-corrected chi connectivity index (χ0v) is 12.9. The van der Waals surface area contributed by atoms with Crippen molar-refractivity contribution < 1.29 is 4.79 Å². The van der Waals surface area contributed by atoms with Crippen LogP contribution in [0.2, 0.25) is 0 Å². The fourth-order valence-corrected chi connectivity index (χ4v) is 3.61. The second-order valence-electron chi connectivity index (χ2n) is 6.05. The Kier molecular flexibility index (Phi) is 4.71. The molecule has 0 aliphatic carbocycles. The van der Waals surface area contributed by atoms with Gasteiger partial charge in [0.2, 0.25) is 0 Å². The van der Waals surface area contributed by atoms with E-state index in [1.807, 2.05) is 32.0 Å². The van der Waals surface area contributed by atoms with Crippen molar-refractivity contribution in [2.45, 2.75) is 57.7 Å². The summed E-state index contributed by atoms with van der Waals surface area (Å²) in [5.74, 6) is 0.0990. The van der Waals surface area contributed by atoms with Gasteiger partial charge in [-0.2, -0.15) is 0 Å². The van der Waals surface area contributed by atoms with Crippen LogP contribution in [-0.4, -0.2) is 24.0 Å². The molecule has 0 radical (unpaired) electrons. The lowest BCUT2D eigenvalue weighted by Crippen LogP contribution is -2.48. The number of halogens is 1. The Bertz CT molecular complexity index is 471. The predicted molar refractivity (Wildman–Crippen MR) is 83.6 cm³/mol. The van der Waals surface area contributed by atoms with E-state index in [1.165, 1.54) is 12.8 Å². The highest BCUT2D eigenvalue weighted by Gasteiger charge is 2.34. The molecule has 2 aliphatic heterocycles. The highest BCUT2D eigenvalue weighted by Crippen LogP contribution is 2.27. The van der Waals surface area contributed by atoms with E-state index in [0.717, 1.165) is 29.5 Å². The van der Waals surface area contributed by atoms with Gasteiger partial charge in [0.25, 0.3) is 5.91 Å². The quantitative estimate of drug-likeness (QED) is 0.880. The fourth-order valence-electron chi connectivity index (χ4n) is 3.61. The van der Waals surface area contributed by atoms with Gasteiger partial charge in [-0.25, -0.2) is 0 Å². The van der Waals surface area contributed by atoms with Crippen LogP contribution in [0.25, 0.3) is 0 Å². The van der Waals surface area contributed by atoms with Crippen molar-refractivity contribution in [3.63, 3.8) is 0 Å². The van der Waals surface area contributed by atoms with E-state index < -0.39 is 0 Å². The number of rotatable bonds is 2. The van der Waals surface area contributed by atoms with E-state index in [9.17, 15) is 4.79 Å². The van der Waals surface area contributed by atoms with Crippen LogP contribution in [0.1, 0.15) is 47.2 Å². The molecule has 3 rings (SSSR count). The molecule has 2 aliphatic rings. The normalized spacial score (nSPS) is 27.8. The van der Waals surface area contributed by atoms with Gasteiger partial charge in [0.05, 0.1) is 0 Å². The van der Waals surface area contributed by atoms with Crippen LogP contribution in [0.3, 0.4) is 0 Å². The maximum absolute atomic E-state index is 12.5. The number of amides is 1. The predicted octanol–water partition coefficient (Wildman–Crippen LogP) is 2.74. The van der Waals surface area contributed by atoms with Crippen molar-refractivity contribution in [2.75, 3.05) is 0 Å². The monoisotopic (exact) mass is 294 g/mol. The molecule has 2 bridgehead atoms. The minimum atomic E-state index is 0. The summed E-state index contributed by atoms with van der Waals surface area (Å²) in [5, 5.41) is 6.84. The van der Waals surface area contributed by atoms with E-state index in [0.29, 0.717) is 18.1 Å². The summed E-state index contributed by atoms with van der Waals surface area (Å²) in [4.78, 5) is 12.5. The number of hydrogen-bond donors (Lipinski definition) is 2. The third kappa shape index (κ3) is 2.99. The molecule has 1 amide bonds. The summed E-state index contributed by atoms with van der Waals surface area (Å²) in [6, 6.07) is 7.59. The van der Waals surface area contributed by atoms with Crippen LogP contribution in [0.4, 0.5) is 0 Å². The highest BCUT2D eigenvalue weighted by molar-refractivity contribution is 5.97. The van der Waals surface area contributed by atoms with Gasteiger partial charge in [0, 0.05) is 23.7 Å². The first-order valence-electron chi connectivity index (χ1n) is 7.26. The average Bonchev–Trinajstić information content (AvgIpc) is 2.68. The SMILES string of the molecule is Cc1cccc(C)c1C(=O)NC1CC2CCC(C1)N2.Cl. The molecule has 2 atom stereocenters. The van der Waals surface area contributed by atoms with Crippen LogP contribution in [0, 0.1) is 13.8 Å². The molecule has 2 unspecified atom stereocenters. The summed E-state index contributed by atoms with van der Waals surface area (Å²) in [6.45, 7) is 4.02. The second-order valence-corrected chi connectivity index (χ2v) is 6.05. The number of benzene rings is 1. The Balaban J connectivity index is 0.00000147. The van der Waals surface area contributed by atoms with E-state index in [4.69, 9.17) is 0 Å². The number of piperidine rings is 1. The van der Waals surface area contributed by atoms with Crippen molar-refractivity contribution in [3.05, 3.63) is 34.9 Å². The summed E-state index contributed by atoms with van der Waals surface area (Å²) in [6.07, 6.45) is 4.68. The van der Waals surface area contributed by atoms with Gasteiger partial charge < -0.3 is 10.6 Å². The molecule has 2 fully saturated rings. The molecular weight excluding hydrogens is 272 g/mol. The average molecular weight is 295 g/mol. The molecule has 3 nitrogen and oxygen atoms in total. The molecule has 4 heteroatoms. The number of fused-ring (bicyclic) bond motifs is 2. The lowest BCUT2D eigenvalue weighted by Gasteiger charge is -2.30. The van der Waals surface area contributed by atoms with Crippen LogP contribution in [0.5, 0.6) is 0 Å². The van der Waals surface area contributed by atoms with Gasteiger partial charge in [-0.05, 0) is 50.7 Å². The maximum atomic E-state index is 12.5. The number of hydrogen-bond acceptors (Lipinski definition) is 2. The smallest absolute Gasteiger partial charge is 0.252 e. The lowest BCUT2D eigenvalue weighted by atomic mass is 9.97. The summed E-state index contributed by atoms with van der Waals surface area (Å²) >= 11 is 0. The molecule has 110 valence electrons. The van der Waals surface area contributed by atoms with Gasteiger partial charge >= 0.3 is 0 Å². The maximum Gasteiger partial charge on any atom is 0.252 e. The first-order valence-corrected chi connectivity index (χ1v) is 7.26. The summed E-state index contributed by atoms with van der Waals surface area (Å²) in [7, 11) is 0. The third-order valence-electron chi connectivity index (χ3n) is 4.52. The van der Waals surface area contributed by atoms with Gasteiger partial charge in [-0.1, -0.05) is 18.2 Å². The molecule has 2 heterocycles. The molecule has 2 N–H and O–H groups in total. The number of carbonyl (C=O) groups excluding carboxylic acids is 1. The minimum absolute atomic E-state index is 0. The Labute approximate surface area is 126 Å². The molecule has 1 aromatic rings. The van der Waals surface area contributed by atoms with E-state index in [1.54, 1.807) is 0 Å². The van der Waals surface area contributed by atoms with Gasteiger partial charge in [0.15, 0.2) is 0 Å². The van der Waals surface area contributed by atoms with Crippen molar-refractivity contribution in [1.82, 2.24) is 10.6 Å². The molecule has 2 saturated heterocycles. The van der Waals surface area contributed by atoms with Crippen molar-refractivity contribution in [3.8, 4) is 0 Å². The molecular formula is C16H23ClN2O. The van der Waals surface area contributed by atoms with Gasteiger partial charge in [-0.15, -0.1) is 12.4 Å². The Hall–Kier alpha value is -1.06. The number of aryl methyl sites for hydroxylation is 2. The molecule has 0 aromatic heterocycles. The lowest BCUT2D eigenvalue weighted by molar-refractivity contribution is 0.0922. The molecule has 20 heavy (non-hydrogen) atoms. The largest absolute Gasteiger partial charge is 0.349 e. The zero-order valence-electron chi connectivity index (χ0n) is 12.1. The Morgan fingerprint density at radius 1 is 1.15 bits per heavy atom. The summed E-state index contributed by atoms with van der Waals surface area (Å²) in [5.41, 5.74) is 2.98. The van der Waals surface area contributed by atoms with Crippen molar-refractivity contribution in [2.24, 2.45) is 0 Å². The van der Waals surface area contributed by atoms with Crippen molar-refractivity contribution in [1.29, 1.82) is 0 Å². The minimum Gasteiger partial charge on any atom is -0.349 e. The standard InChI is InChI=1S/C16H22N2O.ClH/c1-10-4-3-5-11(2)15(10)16(19)18-14-8-12-6-7-13(9-14)17-12;/h3-5,12-14,17H,6-9H2,1-2H3,(H,18,19);1H. The molecule has 1 aromatic carbocycles. The van der Waals surface area contributed by atoms with E-state index >= 15 is 0 Å². The first kappa shape index (κ1) is 15.3. The van der Waals surface area contributed by atoms with E-state index in [-0.39, 0.29) is 18.3 Å². The van der Waals surface area contributed by atoms with Crippen LogP contribution >= 0.6 is 12.4 Å². The molecule has 0 spiro atoms. The topological polar surface area (TPSA) is 41.1 Å². The number of nitrogens with one attached hydrogen (secondary N) is 2. The van der Waals surface area contributed by atoms with Crippen LogP contribution < -0.4 is 10.6 Å². The number of carbonyl (C=O) groups is 1. The second kappa shape index (κ2) is 6.15. The highest BCUT2D eigenvalue weighted by atomic mass is 35.5. The van der Waals surface area contributed by atoms with E-state index in [2.05, 4.69) is 10.6 Å². The first-order chi connectivity index (χ1) is 9.13. The van der Waals surface area contributed by atoms with Crippen LogP contribution in [0.15, 0.2) is 18.2 Å². The van der Waals surface area contributed by atoms with Gasteiger partial charge in [0.1, 0.15) is 0 Å². The fraction of sp³-hybridized carbons (Fsp3) is 0.562. The zero-order chi connectivity index (χ0) is 13.4. The summed E-state index contributed by atoms with van der Waals surface area (Å²) < 4.78 is 0. The third-order valence-corrected chi connectivity index (χ3v) is 4.52.